The second-order valence-electron chi connectivity index (χ2n) is 21.8. The number of esters is 2. The molecule has 6 aliphatic rings. The maximum atomic E-state index is 13.4. The third-order valence-electron chi connectivity index (χ3n) is 18.9. The van der Waals surface area contributed by atoms with Gasteiger partial charge in [0.25, 0.3) is 10.1 Å². The zero-order chi connectivity index (χ0) is 47.6. The van der Waals surface area contributed by atoms with Gasteiger partial charge in [-0.2, -0.15) is 8.42 Å². The Morgan fingerprint density at radius 3 is 1.52 bits per heavy atom. The average molecular weight is 911 g/mol. The lowest BCUT2D eigenvalue weighted by Crippen LogP contribution is -2.63. The van der Waals surface area contributed by atoms with Gasteiger partial charge in [-0.25, -0.2) is 9.59 Å². The molecule has 7 rings (SSSR count). The highest BCUT2D eigenvalue weighted by Gasteiger charge is 2.70. The first-order valence-corrected chi connectivity index (χ1v) is 24.8. The number of carbonyl (C=O) groups is 4. The average Bonchev–Trinajstić information content (AvgIpc) is 3.81. The number of benzene rings is 1. The highest BCUT2D eigenvalue weighted by atomic mass is 32.2. The van der Waals surface area contributed by atoms with E-state index in [9.17, 15) is 42.9 Å². The van der Waals surface area contributed by atoms with E-state index >= 15 is 0 Å². The largest absolute Gasteiger partial charge is 0.460 e. The molecule has 64 heavy (non-hydrogen) atoms. The molecule has 1 aromatic rings. The first-order chi connectivity index (χ1) is 29.8. The molecule has 6 saturated carbocycles. The van der Waals surface area contributed by atoms with Crippen molar-refractivity contribution < 1.29 is 56.6 Å². The molecular weight excluding hydrogens is 837 g/mol. The quantitative estimate of drug-likeness (QED) is 0.126. The number of ether oxygens (including phenoxy) is 2. The molecule has 0 saturated heterocycles. The van der Waals surface area contributed by atoms with Crippen LogP contribution in [-0.4, -0.2) is 84.9 Å². The molecule has 1 aromatic carbocycles. The Morgan fingerprint density at radius 1 is 0.719 bits per heavy atom. The third kappa shape index (κ3) is 7.98. The number of ketones is 2. The SMILES string of the molecule is C=C[C@]1(C)C[C@@H](OC(=O)CO)[C@]2(C)[C@H](C)CC[C@]3(CCC(=O)[C@H]32)[C@@H](C)[C@@H]1O.C=C[C@]1(C)C[C@@H](OC(=O)COS(=O)(=O)c2ccc(C)cc2)[C@]2(C)[C@H](C)CC[C@]3(CCC(=O)[C@H]32)[C@@H](C)[C@@H]1O. The van der Waals surface area contributed by atoms with E-state index in [1.807, 2.05) is 34.6 Å². The van der Waals surface area contributed by atoms with Gasteiger partial charge in [-0.15, -0.1) is 13.2 Å². The van der Waals surface area contributed by atoms with Crippen molar-refractivity contribution in [3.05, 3.63) is 55.1 Å². The minimum Gasteiger partial charge on any atom is -0.460 e. The lowest BCUT2D eigenvalue weighted by molar-refractivity contribution is -0.207. The van der Waals surface area contributed by atoms with Crippen LogP contribution in [0.3, 0.4) is 0 Å². The summed E-state index contributed by atoms with van der Waals surface area (Å²) in [5.41, 5.74) is -2.34. The van der Waals surface area contributed by atoms with Crippen LogP contribution in [0.4, 0.5) is 0 Å². The van der Waals surface area contributed by atoms with Crippen molar-refractivity contribution in [1.29, 1.82) is 0 Å². The third-order valence-corrected chi connectivity index (χ3v) is 20.2. The topological polar surface area (TPSA) is 191 Å². The van der Waals surface area contributed by atoms with E-state index in [-0.39, 0.29) is 69.2 Å². The zero-order valence-electron chi connectivity index (χ0n) is 39.6. The number of carbonyl (C=O) groups excluding carboxylic acids is 4. The van der Waals surface area contributed by atoms with Crippen LogP contribution < -0.4 is 0 Å². The zero-order valence-corrected chi connectivity index (χ0v) is 40.4. The first-order valence-electron chi connectivity index (χ1n) is 23.4. The van der Waals surface area contributed by atoms with Crippen molar-refractivity contribution in [3.63, 3.8) is 0 Å². The summed E-state index contributed by atoms with van der Waals surface area (Å²) in [6.07, 6.45) is 7.47. The van der Waals surface area contributed by atoms with Gasteiger partial charge in [-0.1, -0.05) is 85.2 Å². The minimum atomic E-state index is -4.15. The first kappa shape index (κ1) is 50.2. The molecule has 0 heterocycles. The summed E-state index contributed by atoms with van der Waals surface area (Å²) in [5.74, 6) is -1.57. The number of aliphatic hydroxyl groups excluding tert-OH is 3. The van der Waals surface area contributed by atoms with Crippen LogP contribution in [0.15, 0.2) is 54.5 Å². The molecule has 3 N–H and O–H groups in total. The Labute approximate surface area is 381 Å². The normalized spacial score (nSPS) is 44.0. The van der Waals surface area contributed by atoms with Gasteiger partial charge < -0.3 is 24.8 Å². The summed E-state index contributed by atoms with van der Waals surface area (Å²) in [5, 5.41) is 32.2. The van der Waals surface area contributed by atoms with Gasteiger partial charge in [-0.3, -0.25) is 13.8 Å². The molecule has 0 aromatic heterocycles. The van der Waals surface area contributed by atoms with Crippen LogP contribution in [0, 0.1) is 74.9 Å². The summed E-state index contributed by atoms with van der Waals surface area (Å²) >= 11 is 0. The van der Waals surface area contributed by atoms with Crippen molar-refractivity contribution in [2.45, 2.75) is 156 Å². The van der Waals surface area contributed by atoms with Crippen LogP contribution in [0.1, 0.15) is 125 Å². The van der Waals surface area contributed by atoms with Gasteiger partial charge in [-0.05, 0) is 105 Å². The van der Waals surface area contributed by atoms with Crippen molar-refractivity contribution >= 4 is 33.6 Å². The smallest absolute Gasteiger partial charge is 0.333 e. The molecule has 13 heteroatoms. The van der Waals surface area contributed by atoms with Gasteiger partial charge in [0.2, 0.25) is 0 Å². The van der Waals surface area contributed by atoms with Crippen molar-refractivity contribution in [1.82, 2.24) is 0 Å². The van der Waals surface area contributed by atoms with E-state index in [0.29, 0.717) is 25.7 Å². The molecular formula is C51H74O12S. The fourth-order valence-corrected chi connectivity index (χ4v) is 15.1. The predicted octanol–water partition coefficient (Wildman–Crippen LogP) is 7.49. The second kappa shape index (κ2) is 17.8. The molecule has 356 valence electrons. The van der Waals surface area contributed by atoms with Gasteiger partial charge in [0.1, 0.15) is 30.4 Å². The number of rotatable bonds is 9. The van der Waals surface area contributed by atoms with E-state index in [2.05, 4.69) is 40.9 Å². The lowest BCUT2D eigenvalue weighted by atomic mass is 9.44. The summed E-state index contributed by atoms with van der Waals surface area (Å²) in [7, 11) is -4.15. The summed E-state index contributed by atoms with van der Waals surface area (Å²) in [6, 6.07) is 6.17. The summed E-state index contributed by atoms with van der Waals surface area (Å²) < 4.78 is 42.1. The maximum Gasteiger partial charge on any atom is 0.333 e. The molecule has 0 amide bonds. The summed E-state index contributed by atoms with van der Waals surface area (Å²) in [6.45, 7) is 24.7. The molecule has 12 nitrogen and oxygen atoms in total. The molecule has 6 fully saturated rings. The molecule has 0 aliphatic heterocycles. The lowest BCUT2D eigenvalue weighted by Gasteiger charge is -2.61. The highest BCUT2D eigenvalue weighted by Crippen LogP contribution is 2.69. The van der Waals surface area contributed by atoms with Gasteiger partial charge in [0, 0.05) is 46.3 Å². The Morgan fingerprint density at radius 2 is 1.12 bits per heavy atom. The van der Waals surface area contributed by atoms with Crippen molar-refractivity contribution in [2.75, 3.05) is 13.2 Å². The Kier molecular flexibility index (Phi) is 13.9. The Balaban J connectivity index is 0.000000223. The Bertz CT molecular complexity index is 2100. The minimum absolute atomic E-state index is 0.0394. The fraction of sp³-hybridized carbons (Fsp3) is 0.725. The van der Waals surface area contributed by atoms with Crippen molar-refractivity contribution in [2.24, 2.45) is 68.0 Å². The van der Waals surface area contributed by atoms with Crippen LogP contribution in [0.5, 0.6) is 0 Å². The van der Waals surface area contributed by atoms with Crippen LogP contribution >= 0.6 is 0 Å². The number of Topliss-reactive ketones (excluding diaryl/α,β-unsaturated/α-hetero) is 2. The van der Waals surface area contributed by atoms with Gasteiger partial charge in [0.15, 0.2) is 6.61 Å². The molecule has 6 aliphatic carbocycles. The molecule has 0 unspecified atom stereocenters. The van der Waals surface area contributed by atoms with Crippen LogP contribution in [0.2, 0.25) is 0 Å². The number of aryl methyl sites for hydroxylation is 1. The van der Waals surface area contributed by atoms with E-state index < -0.39 is 81.3 Å². The van der Waals surface area contributed by atoms with Crippen LogP contribution in [-0.2, 0) is 43.0 Å². The maximum absolute atomic E-state index is 13.4. The summed E-state index contributed by atoms with van der Waals surface area (Å²) in [4.78, 5) is 51.7. The number of hydrogen-bond acceptors (Lipinski definition) is 12. The standard InChI is InChI=1S/C29H40O7S.C22H34O5/c1-7-27(5)16-23(36-24(31)17-35-37(33,34)21-10-8-18(2)9-11-21)28(6)19(3)12-14-29(20(4)26(27)32)15-13-22(30)25(28)29;1-6-20(4)11-16(27-17(25)12-23)21(5)13(2)7-9-22(14(3)19(20)26)10-8-15(24)18(21)22/h7-11,19-20,23,25-26,32H,1,12-17H2,2-6H3;6,13-14,16,18-19,23,26H,1,7-12H2,2-5H3/t19-,20+,23-,25+,26+,27-,28+,29+;13-,14+,16-,18+,19+,20-,21+,22+/m11/s1. The van der Waals surface area contributed by atoms with E-state index in [0.717, 1.165) is 37.7 Å². The highest BCUT2D eigenvalue weighted by molar-refractivity contribution is 7.86. The van der Waals surface area contributed by atoms with E-state index in [4.69, 9.17) is 13.7 Å². The number of hydrogen-bond donors (Lipinski definition) is 3. The van der Waals surface area contributed by atoms with Crippen molar-refractivity contribution in [3.8, 4) is 0 Å². The second-order valence-corrected chi connectivity index (χ2v) is 23.4. The molecule has 16 atom stereocenters. The van der Waals surface area contributed by atoms with Gasteiger partial charge >= 0.3 is 11.9 Å². The van der Waals surface area contributed by atoms with Gasteiger partial charge in [0.05, 0.1) is 17.1 Å². The van der Waals surface area contributed by atoms with E-state index in [1.54, 1.807) is 24.3 Å². The van der Waals surface area contributed by atoms with E-state index in [1.165, 1.54) is 12.1 Å². The monoisotopic (exact) mass is 910 g/mol. The molecule has 0 spiro atoms. The fourth-order valence-electron chi connectivity index (χ4n) is 14.3. The van der Waals surface area contributed by atoms with Crippen LogP contribution in [0.25, 0.3) is 0 Å². The number of aliphatic hydroxyl groups is 3. The Hall–Kier alpha value is -3.23. The molecule has 0 radical (unpaired) electrons. The molecule has 4 bridgehead atoms. The predicted molar refractivity (Wildman–Crippen MR) is 241 cm³/mol.